The molecular formula is C8H19NO. The minimum Gasteiger partial charge on any atom is -0.377 e. The van der Waals surface area contributed by atoms with Crippen LogP contribution in [0, 0.1) is 5.92 Å². The summed E-state index contributed by atoms with van der Waals surface area (Å²) in [7, 11) is 1.72. The van der Waals surface area contributed by atoms with Crippen molar-refractivity contribution in [2.45, 2.75) is 32.8 Å². The molecule has 1 atom stereocenters. The zero-order valence-electron chi connectivity index (χ0n) is 7.48. The topological polar surface area (TPSA) is 35.2 Å². The predicted octanol–water partition coefficient (Wildman–Crippen LogP) is 1.40. The van der Waals surface area contributed by atoms with E-state index in [0.717, 1.165) is 6.42 Å². The first-order valence-electron chi connectivity index (χ1n) is 3.79. The van der Waals surface area contributed by atoms with Gasteiger partial charge in [-0.25, -0.2) is 0 Å². The molecule has 0 aromatic rings. The van der Waals surface area contributed by atoms with Crippen molar-refractivity contribution in [1.29, 1.82) is 0 Å². The predicted molar refractivity (Wildman–Crippen MR) is 43.9 cm³/mol. The van der Waals surface area contributed by atoms with Crippen LogP contribution in [-0.4, -0.2) is 19.3 Å². The van der Waals surface area contributed by atoms with Crippen LogP contribution in [0.1, 0.15) is 27.2 Å². The molecule has 0 rings (SSSR count). The van der Waals surface area contributed by atoms with Crippen LogP contribution < -0.4 is 5.73 Å². The molecule has 0 aromatic carbocycles. The Kier molecular flexibility index (Phi) is 3.91. The third-order valence-electron chi connectivity index (χ3n) is 1.76. The minimum absolute atomic E-state index is 0.117. The lowest BCUT2D eigenvalue weighted by atomic mass is 9.94. The molecule has 2 nitrogen and oxygen atoms in total. The van der Waals surface area contributed by atoms with Crippen molar-refractivity contribution in [2.75, 3.05) is 13.7 Å². The van der Waals surface area contributed by atoms with Crippen molar-refractivity contribution in [1.82, 2.24) is 0 Å². The molecule has 62 valence electrons. The first kappa shape index (κ1) is 9.92. The Morgan fingerprint density at radius 3 is 2.10 bits per heavy atom. The summed E-state index contributed by atoms with van der Waals surface area (Å²) in [5, 5.41) is 0. The van der Waals surface area contributed by atoms with Crippen LogP contribution in [0.25, 0.3) is 0 Å². The summed E-state index contributed by atoms with van der Waals surface area (Å²) in [4.78, 5) is 0. The van der Waals surface area contributed by atoms with Gasteiger partial charge in [0.05, 0.1) is 5.60 Å². The van der Waals surface area contributed by atoms with E-state index >= 15 is 0 Å². The van der Waals surface area contributed by atoms with E-state index in [1.165, 1.54) is 0 Å². The summed E-state index contributed by atoms with van der Waals surface area (Å²) in [5.74, 6) is 0.647. The Morgan fingerprint density at radius 1 is 1.50 bits per heavy atom. The van der Waals surface area contributed by atoms with Gasteiger partial charge in [0.25, 0.3) is 0 Å². The average molecular weight is 145 g/mol. The number of rotatable bonds is 4. The van der Waals surface area contributed by atoms with Gasteiger partial charge in [0.15, 0.2) is 0 Å². The number of nitrogens with two attached hydrogens (primary N) is 1. The maximum absolute atomic E-state index is 5.54. The molecule has 0 bridgehead atoms. The second kappa shape index (κ2) is 3.94. The zero-order valence-corrected chi connectivity index (χ0v) is 7.48. The van der Waals surface area contributed by atoms with Crippen molar-refractivity contribution in [3.63, 3.8) is 0 Å². The standard InChI is InChI=1S/C8H19NO/c1-7(2)5-8(3,6-9)10-4/h7H,5-6,9H2,1-4H3/t8-/m1/s1. The molecule has 0 spiro atoms. The van der Waals surface area contributed by atoms with E-state index in [9.17, 15) is 0 Å². The van der Waals surface area contributed by atoms with E-state index in [0.29, 0.717) is 12.5 Å². The number of hydrogen-bond donors (Lipinski definition) is 1. The van der Waals surface area contributed by atoms with Crippen LogP contribution in [-0.2, 0) is 4.74 Å². The highest BCUT2D eigenvalue weighted by Gasteiger charge is 2.22. The van der Waals surface area contributed by atoms with E-state index in [2.05, 4.69) is 13.8 Å². The van der Waals surface area contributed by atoms with Crippen LogP contribution >= 0.6 is 0 Å². The summed E-state index contributed by atoms with van der Waals surface area (Å²) in [6.45, 7) is 6.99. The summed E-state index contributed by atoms with van der Waals surface area (Å²) < 4.78 is 5.27. The fourth-order valence-electron chi connectivity index (χ4n) is 1.11. The normalized spacial score (nSPS) is 17.4. The maximum Gasteiger partial charge on any atom is 0.0774 e. The van der Waals surface area contributed by atoms with Gasteiger partial charge < -0.3 is 10.5 Å². The first-order valence-corrected chi connectivity index (χ1v) is 3.79. The largest absolute Gasteiger partial charge is 0.377 e. The molecule has 0 fully saturated rings. The Labute approximate surface area is 63.7 Å². The van der Waals surface area contributed by atoms with Crippen molar-refractivity contribution in [3.8, 4) is 0 Å². The fraction of sp³-hybridized carbons (Fsp3) is 1.00. The smallest absolute Gasteiger partial charge is 0.0774 e. The van der Waals surface area contributed by atoms with Gasteiger partial charge in [-0.05, 0) is 19.3 Å². The van der Waals surface area contributed by atoms with Crippen LogP contribution in [0.3, 0.4) is 0 Å². The van der Waals surface area contributed by atoms with Crippen molar-refractivity contribution in [2.24, 2.45) is 11.7 Å². The highest BCUT2D eigenvalue weighted by atomic mass is 16.5. The van der Waals surface area contributed by atoms with E-state index in [1.54, 1.807) is 7.11 Å². The van der Waals surface area contributed by atoms with Gasteiger partial charge in [0.2, 0.25) is 0 Å². The molecule has 0 aliphatic rings. The number of ether oxygens (including phenoxy) is 1. The number of hydrogen-bond acceptors (Lipinski definition) is 2. The van der Waals surface area contributed by atoms with Crippen LogP contribution in [0.4, 0.5) is 0 Å². The minimum atomic E-state index is -0.117. The molecule has 0 unspecified atom stereocenters. The van der Waals surface area contributed by atoms with Crippen molar-refractivity contribution < 1.29 is 4.74 Å². The van der Waals surface area contributed by atoms with E-state index < -0.39 is 0 Å². The van der Waals surface area contributed by atoms with Crippen LogP contribution in [0.15, 0.2) is 0 Å². The third-order valence-corrected chi connectivity index (χ3v) is 1.76. The summed E-state index contributed by atoms with van der Waals surface area (Å²) in [5.41, 5.74) is 5.42. The van der Waals surface area contributed by atoms with Crippen molar-refractivity contribution in [3.05, 3.63) is 0 Å². The second-order valence-corrected chi connectivity index (χ2v) is 3.46. The van der Waals surface area contributed by atoms with Crippen LogP contribution in [0.2, 0.25) is 0 Å². The lowest BCUT2D eigenvalue weighted by Gasteiger charge is -2.27. The second-order valence-electron chi connectivity index (χ2n) is 3.46. The lowest BCUT2D eigenvalue weighted by Crippen LogP contribution is -2.37. The number of methoxy groups -OCH3 is 1. The van der Waals surface area contributed by atoms with Gasteiger partial charge in [-0.15, -0.1) is 0 Å². The van der Waals surface area contributed by atoms with Gasteiger partial charge in [0, 0.05) is 13.7 Å². The van der Waals surface area contributed by atoms with Gasteiger partial charge in [0.1, 0.15) is 0 Å². The first-order chi connectivity index (χ1) is 4.54. The third kappa shape index (κ3) is 3.18. The molecule has 0 heterocycles. The molecule has 0 amide bonds. The van der Waals surface area contributed by atoms with Gasteiger partial charge >= 0.3 is 0 Å². The van der Waals surface area contributed by atoms with Crippen LogP contribution in [0.5, 0.6) is 0 Å². The zero-order chi connectivity index (χ0) is 8.20. The van der Waals surface area contributed by atoms with E-state index in [4.69, 9.17) is 10.5 Å². The molecule has 0 aromatic heterocycles. The average Bonchev–Trinajstić information content (AvgIpc) is 1.87. The Morgan fingerprint density at radius 2 is 2.00 bits per heavy atom. The molecule has 0 aliphatic heterocycles. The summed E-state index contributed by atoms with van der Waals surface area (Å²) in [6.07, 6.45) is 1.03. The van der Waals surface area contributed by atoms with Crippen molar-refractivity contribution >= 4 is 0 Å². The molecule has 0 radical (unpaired) electrons. The molecule has 10 heavy (non-hydrogen) atoms. The van der Waals surface area contributed by atoms with Gasteiger partial charge in [-0.3, -0.25) is 0 Å². The summed E-state index contributed by atoms with van der Waals surface area (Å²) >= 11 is 0. The quantitative estimate of drug-likeness (QED) is 0.649. The summed E-state index contributed by atoms with van der Waals surface area (Å²) in [6, 6.07) is 0. The SMILES string of the molecule is CO[C@@](C)(CN)CC(C)C. The Balaban J connectivity index is 3.80. The van der Waals surface area contributed by atoms with Gasteiger partial charge in [-0.1, -0.05) is 13.8 Å². The molecule has 0 aliphatic carbocycles. The molecular weight excluding hydrogens is 126 g/mol. The van der Waals surface area contributed by atoms with E-state index in [1.807, 2.05) is 6.92 Å². The molecule has 0 saturated carbocycles. The highest BCUT2D eigenvalue weighted by Crippen LogP contribution is 2.18. The lowest BCUT2D eigenvalue weighted by molar-refractivity contribution is -0.00279. The fourth-order valence-corrected chi connectivity index (χ4v) is 1.11. The highest BCUT2D eigenvalue weighted by molar-refractivity contribution is 4.76. The molecule has 2 N–H and O–H groups in total. The molecule has 2 heteroatoms. The maximum atomic E-state index is 5.54. The molecule has 0 saturated heterocycles. The van der Waals surface area contributed by atoms with E-state index in [-0.39, 0.29) is 5.60 Å². The Bertz CT molecular complexity index is 87.3. The monoisotopic (exact) mass is 145 g/mol. The Hall–Kier alpha value is -0.0800. The van der Waals surface area contributed by atoms with Gasteiger partial charge in [-0.2, -0.15) is 0 Å².